The molecule has 0 radical (unpaired) electrons. The molecular weight excluding hydrogens is 178 g/mol. The zero-order valence-corrected chi connectivity index (χ0v) is 8.41. The number of ether oxygens (including phenoxy) is 1. The first kappa shape index (κ1) is 9.06. The fraction of sp³-hybridized carbons (Fsp3) is 0.364. The van der Waals surface area contributed by atoms with Gasteiger partial charge < -0.3 is 9.64 Å². The molecule has 1 aromatic rings. The molecular formula is C11H13NO2. The summed E-state index contributed by atoms with van der Waals surface area (Å²) >= 11 is 0. The van der Waals surface area contributed by atoms with Gasteiger partial charge in [0.2, 0.25) is 5.91 Å². The van der Waals surface area contributed by atoms with E-state index < -0.39 is 0 Å². The quantitative estimate of drug-likeness (QED) is 0.625. The van der Waals surface area contributed by atoms with Crippen LogP contribution in [0.1, 0.15) is 12.0 Å². The highest BCUT2D eigenvalue weighted by molar-refractivity contribution is 5.95. The molecule has 0 saturated carbocycles. The second-order valence-corrected chi connectivity index (χ2v) is 3.47. The monoisotopic (exact) mass is 191 g/mol. The average molecular weight is 191 g/mol. The highest BCUT2D eigenvalue weighted by Gasteiger charge is 2.20. The van der Waals surface area contributed by atoms with Gasteiger partial charge in [-0.15, -0.1) is 0 Å². The van der Waals surface area contributed by atoms with Crippen LogP contribution in [0.25, 0.3) is 0 Å². The molecule has 1 heterocycles. The molecule has 1 aliphatic rings. The number of aryl methyl sites for hydroxylation is 1. The van der Waals surface area contributed by atoms with Gasteiger partial charge >= 0.3 is 0 Å². The number of amides is 1. The first-order chi connectivity index (χ1) is 6.70. The normalized spacial score (nSPS) is 15.9. The van der Waals surface area contributed by atoms with Crippen LogP contribution in [0.5, 0.6) is 5.75 Å². The maximum absolute atomic E-state index is 11.6. The molecule has 0 unspecified atom stereocenters. The molecule has 1 aliphatic heterocycles. The Balaban J connectivity index is 2.55. The minimum atomic E-state index is 0.109. The van der Waals surface area contributed by atoms with E-state index in [2.05, 4.69) is 0 Å². The Bertz CT molecular complexity index is 374. The van der Waals surface area contributed by atoms with Gasteiger partial charge in [0.05, 0.1) is 18.7 Å². The Morgan fingerprint density at radius 1 is 1.43 bits per heavy atom. The summed E-state index contributed by atoms with van der Waals surface area (Å²) in [6, 6.07) is 5.83. The van der Waals surface area contributed by atoms with E-state index in [0.29, 0.717) is 13.0 Å². The third-order valence-electron chi connectivity index (χ3n) is 2.48. The predicted octanol–water partition coefficient (Wildman–Crippen LogP) is 1.74. The van der Waals surface area contributed by atoms with E-state index in [-0.39, 0.29) is 5.91 Å². The van der Waals surface area contributed by atoms with Gasteiger partial charge in [-0.1, -0.05) is 12.1 Å². The van der Waals surface area contributed by atoms with E-state index in [1.807, 2.05) is 25.1 Å². The Labute approximate surface area is 83.3 Å². The Hall–Kier alpha value is -1.51. The lowest BCUT2D eigenvalue weighted by Crippen LogP contribution is -2.25. The Morgan fingerprint density at radius 3 is 3.00 bits per heavy atom. The van der Waals surface area contributed by atoms with E-state index in [0.717, 1.165) is 17.0 Å². The van der Waals surface area contributed by atoms with Crippen LogP contribution in [0.15, 0.2) is 18.2 Å². The van der Waals surface area contributed by atoms with Crippen molar-refractivity contribution < 1.29 is 9.53 Å². The highest BCUT2D eigenvalue weighted by atomic mass is 16.5. The topological polar surface area (TPSA) is 29.5 Å². The van der Waals surface area contributed by atoms with Gasteiger partial charge in [0.1, 0.15) is 5.75 Å². The molecule has 14 heavy (non-hydrogen) atoms. The second kappa shape index (κ2) is 3.33. The van der Waals surface area contributed by atoms with Crippen molar-refractivity contribution in [1.29, 1.82) is 0 Å². The third-order valence-corrected chi connectivity index (χ3v) is 2.48. The fourth-order valence-corrected chi connectivity index (χ4v) is 1.72. The number of fused-ring (bicyclic) bond motifs is 1. The molecule has 0 N–H and O–H groups in total. The molecule has 0 bridgehead atoms. The second-order valence-electron chi connectivity index (χ2n) is 3.47. The standard InChI is InChI=1S/C11H13NO2/c1-8-4-3-5-9-11(8)12(2)10(13)6-7-14-9/h3-5H,6-7H2,1-2H3. The van der Waals surface area contributed by atoms with Crippen LogP contribution in [-0.2, 0) is 4.79 Å². The minimum absolute atomic E-state index is 0.109. The van der Waals surface area contributed by atoms with Crippen molar-refractivity contribution in [2.24, 2.45) is 0 Å². The fourth-order valence-electron chi connectivity index (χ4n) is 1.72. The number of hydrogen-bond acceptors (Lipinski definition) is 2. The number of carbonyl (C=O) groups excluding carboxylic acids is 1. The summed E-state index contributed by atoms with van der Waals surface area (Å²) in [4.78, 5) is 13.3. The lowest BCUT2D eigenvalue weighted by Gasteiger charge is -2.18. The summed E-state index contributed by atoms with van der Waals surface area (Å²) in [6.45, 7) is 2.46. The molecule has 0 saturated heterocycles. The van der Waals surface area contributed by atoms with Gasteiger partial charge in [-0.05, 0) is 18.6 Å². The zero-order chi connectivity index (χ0) is 10.1. The summed E-state index contributed by atoms with van der Waals surface area (Å²) in [7, 11) is 1.79. The number of hydrogen-bond donors (Lipinski definition) is 0. The van der Waals surface area contributed by atoms with Gasteiger partial charge in [0.15, 0.2) is 0 Å². The van der Waals surface area contributed by atoms with E-state index in [1.54, 1.807) is 11.9 Å². The van der Waals surface area contributed by atoms with Crippen LogP contribution in [0.2, 0.25) is 0 Å². The smallest absolute Gasteiger partial charge is 0.230 e. The molecule has 0 aromatic heterocycles. The van der Waals surface area contributed by atoms with Crippen molar-refractivity contribution in [3.05, 3.63) is 23.8 Å². The molecule has 3 heteroatoms. The molecule has 0 aliphatic carbocycles. The van der Waals surface area contributed by atoms with Crippen molar-refractivity contribution in [3.63, 3.8) is 0 Å². The number of anilines is 1. The Morgan fingerprint density at radius 2 is 2.21 bits per heavy atom. The van der Waals surface area contributed by atoms with Crippen LogP contribution in [0, 0.1) is 6.92 Å². The van der Waals surface area contributed by atoms with Crippen LogP contribution >= 0.6 is 0 Å². The van der Waals surface area contributed by atoms with Crippen LogP contribution in [-0.4, -0.2) is 19.6 Å². The highest BCUT2D eigenvalue weighted by Crippen LogP contribution is 2.33. The molecule has 2 rings (SSSR count). The maximum atomic E-state index is 11.6. The third kappa shape index (κ3) is 1.35. The molecule has 0 fully saturated rings. The van der Waals surface area contributed by atoms with Crippen molar-refractivity contribution in [3.8, 4) is 5.75 Å². The predicted molar refractivity (Wildman–Crippen MR) is 54.7 cm³/mol. The van der Waals surface area contributed by atoms with E-state index in [4.69, 9.17) is 4.74 Å². The average Bonchev–Trinajstić information content (AvgIpc) is 2.29. The van der Waals surface area contributed by atoms with Crippen LogP contribution < -0.4 is 9.64 Å². The largest absolute Gasteiger partial charge is 0.491 e. The lowest BCUT2D eigenvalue weighted by atomic mass is 10.1. The van der Waals surface area contributed by atoms with Crippen LogP contribution in [0.4, 0.5) is 5.69 Å². The maximum Gasteiger partial charge on any atom is 0.230 e. The number of rotatable bonds is 0. The van der Waals surface area contributed by atoms with Gasteiger partial charge in [0, 0.05) is 7.05 Å². The first-order valence-corrected chi connectivity index (χ1v) is 4.69. The first-order valence-electron chi connectivity index (χ1n) is 4.69. The summed E-state index contributed by atoms with van der Waals surface area (Å²) < 4.78 is 5.51. The van der Waals surface area contributed by atoms with Gasteiger partial charge in [-0.3, -0.25) is 4.79 Å². The van der Waals surface area contributed by atoms with E-state index >= 15 is 0 Å². The number of benzene rings is 1. The van der Waals surface area contributed by atoms with Crippen molar-refractivity contribution in [1.82, 2.24) is 0 Å². The zero-order valence-electron chi connectivity index (χ0n) is 8.41. The number of para-hydroxylation sites is 1. The number of carbonyl (C=O) groups is 1. The Kier molecular flexibility index (Phi) is 2.15. The summed E-state index contributed by atoms with van der Waals surface area (Å²) in [5.41, 5.74) is 1.97. The van der Waals surface area contributed by atoms with E-state index in [1.165, 1.54) is 0 Å². The molecule has 3 nitrogen and oxygen atoms in total. The molecule has 74 valence electrons. The van der Waals surface area contributed by atoms with Crippen molar-refractivity contribution in [2.75, 3.05) is 18.6 Å². The molecule has 0 spiro atoms. The summed E-state index contributed by atoms with van der Waals surface area (Å²) in [6.07, 6.45) is 0.449. The summed E-state index contributed by atoms with van der Waals surface area (Å²) in [5.74, 6) is 0.913. The van der Waals surface area contributed by atoms with Crippen molar-refractivity contribution >= 4 is 11.6 Å². The van der Waals surface area contributed by atoms with E-state index in [9.17, 15) is 4.79 Å². The molecule has 1 amide bonds. The molecule has 0 atom stereocenters. The van der Waals surface area contributed by atoms with Gasteiger partial charge in [-0.2, -0.15) is 0 Å². The van der Waals surface area contributed by atoms with Crippen molar-refractivity contribution in [2.45, 2.75) is 13.3 Å². The number of nitrogens with zero attached hydrogens (tertiary/aromatic N) is 1. The van der Waals surface area contributed by atoms with Gasteiger partial charge in [-0.25, -0.2) is 0 Å². The molecule has 1 aromatic carbocycles. The summed E-state index contributed by atoms with van der Waals surface area (Å²) in [5, 5.41) is 0. The SMILES string of the molecule is Cc1cccc2c1N(C)C(=O)CCO2. The minimum Gasteiger partial charge on any atom is -0.491 e. The lowest BCUT2D eigenvalue weighted by molar-refractivity contribution is -0.118. The van der Waals surface area contributed by atoms with Gasteiger partial charge in [0.25, 0.3) is 0 Å². The van der Waals surface area contributed by atoms with Crippen LogP contribution in [0.3, 0.4) is 0 Å².